The topological polar surface area (TPSA) is 67.9 Å². The average Bonchev–Trinajstić information content (AvgIpc) is 2.54. The molecule has 0 bridgehead atoms. The van der Waals surface area contributed by atoms with Crippen LogP contribution in [-0.2, 0) is 4.74 Å². The Kier molecular flexibility index (Phi) is 8.28. The van der Waals surface area contributed by atoms with Crippen LogP contribution in [0.5, 0.6) is 5.75 Å². The number of carbonyl (C=O) groups excluding carboxylic acids is 2. The number of ether oxygens (including phenoxy) is 2. The Morgan fingerprint density at radius 1 is 1.35 bits per heavy atom. The Morgan fingerprint density at radius 3 is 2.78 bits per heavy atom. The quantitative estimate of drug-likeness (QED) is 0.734. The summed E-state index contributed by atoms with van der Waals surface area (Å²) in [5.74, 6) is 0.367. The first-order chi connectivity index (χ1) is 11.1. The van der Waals surface area contributed by atoms with Gasteiger partial charge in [-0.3, -0.25) is 5.32 Å². The lowest BCUT2D eigenvalue weighted by atomic mass is 10.3. The van der Waals surface area contributed by atoms with Crippen molar-refractivity contribution in [2.75, 3.05) is 25.0 Å². The van der Waals surface area contributed by atoms with Gasteiger partial charge < -0.3 is 14.4 Å². The van der Waals surface area contributed by atoms with Crippen molar-refractivity contribution in [1.82, 2.24) is 4.90 Å². The van der Waals surface area contributed by atoms with Crippen LogP contribution >= 0.6 is 0 Å². The van der Waals surface area contributed by atoms with Gasteiger partial charge in [-0.25, -0.2) is 9.59 Å². The van der Waals surface area contributed by atoms with Crippen molar-refractivity contribution in [2.24, 2.45) is 0 Å². The molecular formula is C17H24N2O4. The largest absolute Gasteiger partial charge is 0.445 e. The zero-order valence-electron chi connectivity index (χ0n) is 13.7. The summed E-state index contributed by atoms with van der Waals surface area (Å²) in [4.78, 5) is 25.2. The number of nitrogens with one attached hydrogen (secondary N) is 1. The van der Waals surface area contributed by atoms with Gasteiger partial charge in [0.2, 0.25) is 0 Å². The molecule has 0 fully saturated rings. The maximum atomic E-state index is 12.1. The fraction of sp³-hybridized carbons (Fsp3) is 0.412. The minimum absolute atomic E-state index is 0.128. The van der Waals surface area contributed by atoms with Crippen LogP contribution in [-0.4, -0.2) is 36.8 Å². The highest BCUT2D eigenvalue weighted by Gasteiger charge is 2.13. The van der Waals surface area contributed by atoms with E-state index in [4.69, 9.17) is 9.47 Å². The molecule has 0 saturated carbocycles. The monoisotopic (exact) mass is 320 g/mol. The molecule has 0 aliphatic rings. The van der Waals surface area contributed by atoms with E-state index in [-0.39, 0.29) is 6.61 Å². The summed E-state index contributed by atoms with van der Waals surface area (Å²) in [6, 6.07) is 6.60. The van der Waals surface area contributed by atoms with Crippen LogP contribution in [0.1, 0.15) is 26.7 Å². The van der Waals surface area contributed by atoms with E-state index in [9.17, 15) is 9.59 Å². The fourth-order valence-corrected chi connectivity index (χ4v) is 1.82. The van der Waals surface area contributed by atoms with Gasteiger partial charge in [0.25, 0.3) is 0 Å². The first-order valence-corrected chi connectivity index (χ1v) is 7.72. The van der Waals surface area contributed by atoms with Crippen molar-refractivity contribution in [2.45, 2.75) is 26.7 Å². The van der Waals surface area contributed by atoms with Crippen molar-refractivity contribution in [3.8, 4) is 5.75 Å². The summed E-state index contributed by atoms with van der Waals surface area (Å²) in [6.07, 6.45) is 2.43. The normalized spacial score (nSPS) is 9.83. The minimum Gasteiger partial charge on any atom is -0.445 e. The van der Waals surface area contributed by atoms with Crippen LogP contribution in [0, 0.1) is 0 Å². The lowest BCUT2D eigenvalue weighted by Crippen LogP contribution is -2.34. The molecule has 0 aromatic heterocycles. The molecule has 6 heteroatoms. The second kappa shape index (κ2) is 10.3. The number of benzene rings is 1. The number of hydrogen-bond acceptors (Lipinski definition) is 4. The smallest absolute Gasteiger partial charge is 0.415 e. The Bertz CT molecular complexity index is 531. The third-order valence-electron chi connectivity index (χ3n) is 3.04. The molecule has 0 atom stereocenters. The van der Waals surface area contributed by atoms with Crippen LogP contribution < -0.4 is 10.1 Å². The van der Waals surface area contributed by atoms with Crippen molar-refractivity contribution in [3.63, 3.8) is 0 Å². The number of carbonyl (C=O) groups is 2. The molecule has 126 valence electrons. The number of amides is 2. The van der Waals surface area contributed by atoms with Crippen molar-refractivity contribution < 1.29 is 19.1 Å². The van der Waals surface area contributed by atoms with Gasteiger partial charge in [-0.2, -0.15) is 0 Å². The lowest BCUT2D eigenvalue weighted by Gasteiger charge is -2.20. The fourth-order valence-electron chi connectivity index (χ4n) is 1.82. The molecule has 0 unspecified atom stereocenters. The third kappa shape index (κ3) is 6.86. The molecule has 0 radical (unpaired) electrons. The molecule has 0 heterocycles. The zero-order chi connectivity index (χ0) is 17.1. The average molecular weight is 320 g/mol. The van der Waals surface area contributed by atoms with Gasteiger partial charge in [-0.1, -0.05) is 32.1 Å². The molecule has 0 aliphatic carbocycles. The van der Waals surface area contributed by atoms with Crippen molar-refractivity contribution >= 4 is 17.9 Å². The maximum Gasteiger partial charge on any atom is 0.415 e. The molecule has 0 spiro atoms. The zero-order valence-corrected chi connectivity index (χ0v) is 13.7. The summed E-state index contributed by atoms with van der Waals surface area (Å²) in [6.45, 7) is 8.82. The molecule has 2 amide bonds. The Balaban J connectivity index is 2.63. The summed E-state index contributed by atoms with van der Waals surface area (Å²) >= 11 is 0. The number of nitrogens with zero attached hydrogens (tertiary/aromatic N) is 1. The molecule has 0 aliphatic heterocycles. The molecule has 1 rings (SSSR count). The molecule has 6 nitrogen and oxygen atoms in total. The highest BCUT2D eigenvalue weighted by Crippen LogP contribution is 2.18. The van der Waals surface area contributed by atoms with Gasteiger partial charge in [0, 0.05) is 24.8 Å². The predicted octanol–water partition coefficient (Wildman–Crippen LogP) is 4.04. The predicted molar refractivity (Wildman–Crippen MR) is 89.8 cm³/mol. The first kappa shape index (κ1) is 18.5. The van der Waals surface area contributed by atoms with Crippen molar-refractivity contribution in [1.29, 1.82) is 0 Å². The van der Waals surface area contributed by atoms with E-state index in [0.29, 0.717) is 24.5 Å². The summed E-state index contributed by atoms with van der Waals surface area (Å²) in [5.41, 5.74) is 0.487. The van der Waals surface area contributed by atoms with Gasteiger partial charge in [-0.05, 0) is 25.5 Å². The van der Waals surface area contributed by atoms with Crippen LogP contribution in [0.2, 0.25) is 0 Å². The van der Waals surface area contributed by atoms with Gasteiger partial charge in [0.1, 0.15) is 12.4 Å². The molecule has 23 heavy (non-hydrogen) atoms. The highest BCUT2D eigenvalue weighted by atomic mass is 16.6. The Morgan fingerprint density at radius 2 is 2.13 bits per heavy atom. The standard InChI is InChI=1S/C17H24N2O4/c1-4-7-11-19(6-3)17(21)23-15-10-8-9-14(13-15)18-16(20)22-12-5-2/h5,8-10,13H,2,4,6-7,11-12H2,1,3H3,(H,18,20). The van der Waals surface area contributed by atoms with Crippen LogP contribution in [0.15, 0.2) is 36.9 Å². The Labute approximate surface area is 137 Å². The van der Waals surface area contributed by atoms with Crippen molar-refractivity contribution in [3.05, 3.63) is 36.9 Å². The second-order valence-electron chi connectivity index (χ2n) is 4.84. The molecule has 1 aromatic carbocycles. The minimum atomic E-state index is -0.591. The van der Waals surface area contributed by atoms with Crippen LogP contribution in [0.4, 0.5) is 15.3 Å². The van der Waals surface area contributed by atoms with Gasteiger partial charge in [-0.15, -0.1) is 0 Å². The van der Waals surface area contributed by atoms with E-state index in [0.717, 1.165) is 12.8 Å². The van der Waals surface area contributed by atoms with Gasteiger partial charge >= 0.3 is 12.2 Å². The van der Waals surface area contributed by atoms with E-state index in [2.05, 4.69) is 18.8 Å². The second-order valence-corrected chi connectivity index (χ2v) is 4.84. The third-order valence-corrected chi connectivity index (χ3v) is 3.04. The van der Waals surface area contributed by atoms with E-state index in [1.807, 2.05) is 6.92 Å². The lowest BCUT2D eigenvalue weighted by molar-refractivity contribution is 0.154. The van der Waals surface area contributed by atoms with E-state index in [1.165, 1.54) is 6.08 Å². The number of unbranched alkanes of at least 4 members (excludes halogenated alkanes) is 1. The van der Waals surface area contributed by atoms with Gasteiger partial charge in [0.15, 0.2) is 0 Å². The number of hydrogen-bond donors (Lipinski definition) is 1. The molecular weight excluding hydrogens is 296 g/mol. The maximum absolute atomic E-state index is 12.1. The number of rotatable bonds is 8. The van der Waals surface area contributed by atoms with E-state index >= 15 is 0 Å². The SMILES string of the molecule is C=CCOC(=O)Nc1cccc(OC(=O)N(CC)CCCC)c1. The Hall–Kier alpha value is -2.50. The molecule has 0 saturated heterocycles. The summed E-state index contributed by atoms with van der Waals surface area (Å²) in [7, 11) is 0. The summed E-state index contributed by atoms with van der Waals surface area (Å²) < 4.78 is 10.2. The van der Waals surface area contributed by atoms with Gasteiger partial charge in [0.05, 0.1) is 0 Å². The molecule has 1 N–H and O–H groups in total. The molecule has 1 aromatic rings. The summed E-state index contributed by atoms with van der Waals surface area (Å²) in [5, 5.41) is 2.55. The van der Waals surface area contributed by atoms with E-state index < -0.39 is 12.2 Å². The first-order valence-electron chi connectivity index (χ1n) is 7.72. The highest BCUT2D eigenvalue weighted by molar-refractivity contribution is 5.85. The van der Waals surface area contributed by atoms with Crippen LogP contribution in [0.3, 0.4) is 0 Å². The van der Waals surface area contributed by atoms with Crippen LogP contribution in [0.25, 0.3) is 0 Å². The van der Waals surface area contributed by atoms with E-state index in [1.54, 1.807) is 29.2 Å². The number of anilines is 1.